The van der Waals surface area contributed by atoms with E-state index in [0.717, 1.165) is 6.42 Å². The van der Waals surface area contributed by atoms with E-state index in [2.05, 4.69) is 21.4 Å². The fourth-order valence-electron chi connectivity index (χ4n) is 1.86. The molecule has 0 aromatic heterocycles. The average Bonchev–Trinajstić information content (AvgIpc) is 2.13. The largest absolute Gasteiger partial charge is 0.367 e. The van der Waals surface area contributed by atoms with E-state index in [0.29, 0.717) is 5.92 Å². The van der Waals surface area contributed by atoms with Gasteiger partial charge in [-0.3, -0.25) is 0 Å². The molecule has 0 bridgehead atoms. The standard InChI is InChI=1S/C8H14NO2P/c9-6-5(4-2-1-3-4)8(12)11-7(6)10/h1-2,4-8,10H,3,9,12H2. The lowest BCUT2D eigenvalue weighted by molar-refractivity contribution is -0.0752. The van der Waals surface area contributed by atoms with Gasteiger partial charge in [-0.2, -0.15) is 0 Å². The van der Waals surface area contributed by atoms with Crippen molar-refractivity contribution < 1.29 is 9.84 Å². The molecule has 0 radical (unpaired) electrons. The molecule has 3 N–H and O–H groups in total. The number of rotatable bonds is 1. The van der Waals surface area contributed by atoms with Gasteiger partial charge < -0.3 is 15.6 Å². The Kier molecular flexibility index (Phi) is 2.21. The highest BCUT2D eigenvalue weighted by molar-refractivity contribution is 7.17. The van der Waals surface area contributed by atoms with E-state index in [-0.39, 0.29) is 17.8 Å². The number of aliphatic hydroxyl groups excluding tert-OH is 1. The highest BCUT2D eigenvalue weighted by Gasteiger charge is 2.43. The number of allylic oxidation sites excluding steroid dienone is 2. The molecule has 12 heavy (non-hydrogen) atoms. The van der Waals surface area contributed by atoms with Crippen molar-refractivity contribution in [1.29, 1.82) is 0 Å². The minimum absolute atomic E-state index is 0.00458. The first-order valence-corrected chi connectivity index (χ1v) is 4.88. The zero-order valence-electron chi connectivity index (χ0n) is 6.76. The molecule has 1 heterocycles. The van der Waals surface area contributed by atoms with Crippen molar-refractivity contribution >= 4 is 9.24 Å². The van der Waals surface area contributed by atoms with Crippen LogP contribution in [0, 0.1) is 11.8 Å². The molecule has 6 unspecified atom stereocenters. The van der Waals surface area contributed by atoms with Crippen LogP contribution in [-0.2, 0) is 4.74 Å². The highest BCUT2D eigenvalue weighted by Crippen LogP contribution is 2.39. The maximum Gasteiger partial charge on any atom is 0.170 e. The Morgan fingerprint density at radius 2 is 2.25 bits per heavy atom. The molecule has 1 fully saturated rings. The molecule has 3 nitrogen and oxygen atoms in total. The first-order valence-electron chi connectivity index (χ1n) is 4.21. The van der Waals surface area contributed by atoms with Crippen LogP contribution in [0.15, 0.2) is 12.2 Å². The molecule has 0 aromatic rings. The first-order chi connectivity index (χ1) is 5.70. The van der Waals surface area contributed by atoms with Crippen LogP contribution < -0.4 is 5.73 Å². The zero-order chi connectivity index (χ0) is 8.72. The van der Waals surface area contributed by atoms with Crippen molar-refractivity contribution in [3.63, 3.8) is 0 Å². The molecule has 0 spiro atoms. The monoisotopic (exact) mass is 187 g/mol. The molecule has 1 saturated heterocycles. The van der Waals surface area contributed by atoms with Gasteiger partial charge in [0.1, 0.15) is 0 Å². The van der Waals surface area contributed by atoms with E-state index >= 15 is 0 Å². The van der Waals surface area contributed by atoms with E-state index < -0.39 is 6.29 Å². The molecular weight excluding hydrogens is 173 g/mol. The first kappa shape index (κ1) is 8.64. The summed E-state index contributed by atoms with van der Waals surface area (Å²) in [7, 11) is 2.59. The van der Waals surface area contributed by atoms with Gasteiger partial charge in [0, 0.05) is 5.92 Å². The van der Waals surface area contributed by atoms with Crippen molar-refractivity contribution in [2.45, 2.75) is 24.6 Å². The summed E-state index contributed by atoms with van der Waals surface area (Å²) < 4.78 is 5.20. The summed E-state index contributed by atoms with van der Waals surface area (Å²) in [5, 5.41) is 9.32. The van der Waals surface area contributed by atoms with Crippen molar-refractivity contribution in [3.8, 4) is 0 Å². The van der Waals surface area contributed by atoms with Gasteiger partial charge in [-0.05, 0) is 12.3 Å². The summed E-state index contributed by atoms with van der Waals surface area (Å²) in [4.78, 5) is 0. The smallest absolute Gasteiger partial charge is 0.170 e. The fourth-order valence-corrected chi connectivity index (χ4v) is 2.56. The third-order valence-corrected chi connectivity index (χ3v) is 3.34. The normalized spacial score (nSPS) is 52.4. The van der Waals surface area contributed by atoms with E-state index in [1.54, 1.807) is 0 Å². The number of nitrogens with two attached hydrogens (primary N) is 1. The second-order valence-corrected chi connectivity index (χ2v) is 4.13. The number of hydrogen-bond acceptors (Lipinski definition) is 3. The minimum Gasteiger partial charge on any atom is -0.367 e. The Balaban J connectivity index is 2.07. The summed E-state index contributed by atoms with van der Waals surface area (Å²) in [6.45, 7) is 0. The lowest BCUT2D eigenvalue weighted by Gasteiger charge is -2.29. The van der Waals surface area contributed by atoms with E-state index in [1.807, 2.05) is 0 Å². The average molecular weight is 187 g/mol. The van der Waals surface area contributed by atoms with Gasteiger partial charge in [0.2, 0.25) is 0 Å². The lowest BCUT2D eigenvalue weighted by atomic mass is 9.80. The van der Waals surface area contributed by atoms with E-state index in [1.165, 1.54) is 0 Å². The van der Waals surface area contributed by atoms with Gasteiger partial charge in [-0.1, -0.05) is 12.2 Å². The number of ether oxygens (including phenoxy) is 1. The Morgan fingerprint density at radius 1 is 1.58 bits per heavy atom. The SMILES string of the molecule is NC1C(O)OC(P)C1C1C=CC1. The molecule has 1 aliphatic carbocycles. The molecule has 0 amide bonds. The van der Waals surface area contributed by atoms with Crippen LogP contribution in [0.5, 0.6) is 0 Å². The second kappa shape index (κ2) is 3.08. The van der Waals surface area contributed by atoms with Crippen molar-refractivity contribution in [2.75, 3.05) is 0 Å². The van der Waals surface area contributed by atoms with Gasteiger partial charge in [-0.15, -0.1) is 9.24 Å². The number of aliphatic hydroxyl groups is 1. The maximum atomic E-state index is 9.32. The van der Waals surface area contributed by atoms with Gasteiger partial charge in [0.15, 0.2) is 6.29 Å². The molecule has 2 aliphatic rings. The molecule has 6 atom stereocenters. The van der Waals surface area contributed by atoms with Crippen LogP contribution in [0.1, 0.15) is 6.42 Å². The van der Waals surface area contributed by atoms with Crippen LogP contribution in [0.2, 0.25) is 0 Å². The summed E-state index contributed by atoms with van der Waals surface area (Å²) in [5.74, 6) is 0.764. The van der Waals surface area contributed by atoms with Crippen LogP contribution in [0.25, 0.3) is 0 Å². The van der Waals surface area contributed by atoms with Crippen LogP contribution in [0.3, 0.4) is 0 Å². The summed E-state index contributed by atoms with van der Waals surface area (Å²) >= 11 is 0. The topological polar surface area (TPSA) is 55.5 Å². The molecule has 2 rings (SSSR count). The highest BCUT2D eigenvalue weighted by atomic mass is 31.0. The Bertz CT molecular complexity index is 209. The van der Waals surface area contributed by atoms with Crippen molar-refractivity contribution in [3.05, 3.63) is 12.2 Å². The lowest BCUT2D eigenvalue weighted by Crippen LogP contribution is -2.40. The molecule has 1 aliphatic heterocycles. The Labute approximate surface area is 74.2 Å². The van der Waals surface area contributed by atoms with Gasteiger partial charge in [0.25, 0.3) is 0 Å². The van der Waals surface area contributed by atoms with Gasteiger partial charge >= 0.3 is 0 Å². The molecule has 68 valence electrons. The van der Waals surface area contributed by atoms with Crippen LogP contribution in [0.4, 0.5) is 0 Å². The quantitative estimate of drug-likeness (QED) is 0.450. The fraction of sp³-hybridized carbons (Fsp3) is 0.750. The zero-order valence-corrected chi connectivity index (χ0v) is 7.91. The minimum atomic E-state index is -0.786. The van der Waals surface area contributed by atoms with Crippen LogP contribution in [-0.4, -0.2) is 23.3 Å². The third-order valence-electron chi connectivity index (χ3n) is 2.74. The van der Waals surface area contributed by atoms with Gasteiger partial charge in [0.05, 0.1) is 11.9 Å². The third kappa shape index (κ3) is 1.21. The van der Waals surface area contributed by atoms with E-state index in [4.69, 9.17) is 10.5 Å². The second-order valence-electron chi connectivity index (χ2n) is 3.47. The maximum absolute atomic E-state index is 9.32. The number of hydrogen-bond donors (Lipinski definition) is 2. The van der Waals surface area contributed by atoms with Crippen molar-refractivity contribution in [1.82, 2.24) is 0 Å². The molecule has 0 saturated carbocycles. The van der Waals surface area contributed by atoms with Crippen molar-refractivity contribution in [2.24, 2.45) is 17.6 Å². The Morgan fingerprint density at radius 3 is 2.58 bits per heavy atom. The summed E-state index contributed by atoms with van der Waals surface area (Å²) in [6, 6.07) is -0.234. The Hall–Kier alpha value is 0.0500. The summed E-state index contributed by atoms with van der Waals surface area (Å²) in [6.07, 6.45) is 4.55. The predicted octanol–water partition coefficient (Wildman–Crippen LogP) is 0.0558. The molecule has 0 aromatic carbocycles. The summed E-state index contributed by atoms with van der Waals surface area (Å²) in [5.41, 5.74) is 5.80. The van der Waals surface area contributed by atoms with E-state index in [9.17, 15) is 5.11 Å². The van der Waals surface area contributed by atoms with Crippen LogP contribution >= 0.6 is 9.24 Å². The molecule has 4 heteroatoms. The molecular formula is C8H14NO2P. The van der Waals surface area contributed by atoms with Gasteiger partial charge in [-0.25, -0.2) is 0 Å². The predicted molar refractivity (Wildman–Crippen MR) is 49.3 cm³/mol.